The predicted octanol–water partition coefficient (Wildman–Crippen LogP) is 5.05. The van der Waals surface area contributed by atoms with Crippen LogP contribution in [0, 0.1) is 0 Å². The lowest BCUT2D eigenvalue weighted by Crippen LogP contribution is -2.10. The number of hydrogen-bond acceptors (Lipinski definition) is 4. The number of amidine groups is 2. The molecule has 0 atom stereocenters. The SMILES string of the molecule is NC(=Nc1cccc(Cl)c1)SCCSC(N)=Nc1cccc(Cl)c1. The van der Waals surface area contributed by atoms with Crippen molar-refractivity contribution < 1.29 is 0 Å². The lowest BCUT2D eigenvalue weighted by atomic mass is 10.3. The maximum Gasteiger partial charge on any atom is 0.159 e. The second-order valence-corrected chi connectivity index (χ2v) is 7.66. The van der Waals surface area contributed by atoms with Crippen LogP contribution in [0.4, 0.5) is 11.4 Å². The zero-order chi connectivity index (χ0) is 17.4. The summed E-state index contributed by atoms with van der Waals surface area (Å²) in [5, 5.41) is 2.25. The van der Waals surface area contributed by atoms with Gasteiger partial charge in [-0.15, -0.1) is 0 Å². The van der Waals surface area contributed by atoms with Gasteiger partial charge in [0.1, 0.15) is 0 Å². The van der Waals surface area contributed by atoms with Crippen molar-refractivity contribution in [2.45, 2.75) is 0 Å². The minimum atomic E-state index is 0.489. The van der Waals surface area contributed by atoms with Crippen molar-refractivity contribution >= 4 is 68.4 Å². The molecule has 0 bridgehead atoms. The second kappa shape index (κ2) is 9.84. The first-order chi connectivity index (χ1) is 11.5. The van der Waals surface area contributed by atoms with Gasteiger partial charge < -0.3 is 11.5 Å². The summed E-state index contributed by atoms with van der Waals surface area (Å²) < 4.78 is 0. The van der Waals surface area contributed by atoms with E-state index >= 15 is 0 Å². The molecule has 2 aromatic rings. The summed E-state index contributed by atoms with van der Waals surface area (Å²) in [7, 11) is 0. The van der Waals surface area contributed by atoms with E-state index < -0.39 is 0 Å². The molecule has 0 unspecified atom stereocenters. The number of aliphatic imine (C=N–C) groups is 2. The van der Waals surface area contributed by atoms with E-state index in [1.165, 1.54) is 23.5 Å². The van der Waals surface area contributed by atoms with Crippen LogP contribution < -0.4 is 11.5 Å². The highest BCUT2D eigenvalue weighted by molar-refractivity contribution is 8.17. The fourth-order valence-corrected chi connectivity index (χ4v) is 3.50. The normalized spacial score (nSPS) is 12.4. The van der Waals surface area contributed by atoms with Gasteiger partial charge in [0, 0.05) is 21.6 Å². The molecule has 24 heavy (non-hydrogen) atoms. The highest BCUT2D eigenvalue weighted by Gasteiger charge is 2.00. The van der Waals surface area contributed by atoms with E-state index in [9.17, 15) is 0 Å². The van der Waals surface area contributed by atoms with Crippen LogP contribution in [0.2, 0.25) is 10.0 Å². The molecule has 126 valence electrons. The van der Waals surface area contributed by atoms with Gasteiger partial charge in [-0.05, 0) is 36.4 Å². The van der Waals surface area contributed by atoms with Crippen LogP contribution in [0.15, 0.2) is 58.5 Å². The van der Waals surface area contributed by atoms with E-state index in [2.05, 4.69) is 9.98 Å². The van der Waals surface area contributed by atoms with E-state index in [1.807, 2.05) is 24.3 Å². The van der Waals surface area contributed by atoms with Crippen molar-refractivity contribution in [1.82, 2.24) is 0 Å². The first-order valence-corrected chi connectivity index (χ1v) is 9.71. The highest BCUT2D eigenvalue weighted by atomic mass is 35.5. The number of hydrogen-bond donors (Lipinski definition) is 2. The fourth-order valence-electron chi connectivity index (χ4n) is 1.70. The smallest absolute Gasteiger partial charge is 0.159 e. The molecule has 0 saturated heterocycles. The van der Waals surface area contributed by atoms with Crippen molar-refractivity contribution in [3.8, 4) is 0 Å². The Balaban J connectivity index is 1.78. The zero-order valence-corrected chi connectivity index (χ0v) is 15.8. The first kappa shape index (κ1) is 19.0. The molecule has 0 spiro atoms. The molecule has 0 fully saturated rings. The summed E-state index contributed by atoms with van der Waals surface area (Å²) in [5.41, 5.74) is 13.3. The highest BCUT2D eigenvalue weighted by Crippen LogP contribution is 2.21. The molecule has 0 aliphatic rings. The van der Waals surface area contributed by atoms with Gasteiger partial charge in [-0.25, -0.2) is 9.98 Å². The molecule has 0 aliphatic heterocycles. The van der Waals surface area contributed by atoms with Crippen LogP contribution in [0.1, 0.15) is 0 Å². The molecular weight excluding hydrogens is 383 g/mol. The Kier molecular flexibility index (Phi) is 7.78. The number of nitrogens with zero attached hydrogens (tertiary/aromatic N) is 2. The predicted molar refractivity (Wildman–Crippen MR) is 110 cm³/mol. The lowest BCUT2D eigenvalue weighted by Gasteiger charge is -2.02. The maximum absolute atomic E-state index is 5.91. The number of halogens is 2. The molecule has 2 aromatic carbocycles. The number of nitrogens with two attached hydrogens (primary N) is 2. The largest absolute Gasteiger partial charge is 0.378 e. The van der Waals surface area contributed by atoms with Gasteiger partial charge >= 0.3 is 0 Å². The van der Waals surface area contributed by atoms with Gasteiger partial charge in [0.25, 0.3) is 0 Å². The van der Waals surface area contributed by atoms with Crippen molar-refractivity contribution in [3.63, 3.8) is 0 Å². The maximum atomic E-state index is 5.91. The summed E-state index contributed by atoms with van der Waals surface area (Å²) in [4.78, 5) is 8.60. The van der Waals surface area contributed by atoms with Gasteiger partial charge in [0.05, 0.1) is 11.4 Å². The average molecular weight is 399 g/mol. The van der Waals surface area contributed by atoms with Crippen LogP contribution in [0.5, 0.6) is 0 Å². The Labute approximate surface area is 159 Å². The molecule has 0 aromatic heterocycles. The van der Waals surface area contributed by atoms with Crippen LogP contribution >= 0.6 is 46.7 Å². The van der Waals surface area contributed by atoms with E-state index in [1.54, 1.807) is 24.3 Å². The van der Waals surface area contributed by atoms with Crippen molar-refractivity contribution in [3.05, 3.63) is 58.6 Å². The molecule has 8 heteroatoms. The van der Waals surface area contributed by atoms with Gasteiger partial charge in [0.15, 0.2) is 10.3 Å². The molecule has 4 nitrogen and oxygen atoms in total. The summed E-state index contributed by atoms with van der Waals surface area (Å²) >= 11 is 14.7. The van der Waals surface area contributed by atoms with Crippen LogP contribution in [-0.2, 0) is 0 Å². The van der Waals surface area contributed by atoms with Crippen LogP contribution in [0.3, 0.4) is 0 Å². The Morgan fingerprint density at radius 2 is 1.21 bits per heavy atom. The van der Waals surface area contributed by atoms with Gasteiger partial charge in [-0.1, -0.05) is 58.9 Å². The van der Waals surface area contributed by atoms with E-state index in [4.69, 9.17) is 34.7 Å². The number of benzene rings is 2. The summed E-state index contributed by atoms with van der Waals surface area (Å²) in [6, 6.07) is 14.5. The molecule has 0 saturated carbocycles. The standard InChI is InChI=1S/C16H16Cl2N4S2/c17-11-3-1-5-13(9-11)21-15(19)23-7-8-24-16(20)22-14-6-2-4-12(18)10-14/h1-6,9-10H,7-8H2,(H2,19,21)(H2,20,22). The molecule has 0 heterocycles. The van der Waals surface area contributed by atoms with Crippen LogP contribution in [-0.4, -0.2) is 21.8 Å². The van der Waals surface area contributed by atoms with Gasteiger partial charge in [0.2, 0.25) is 0 Å². The zero-order valence-electron chi connectivity index (χ0n) is 12.7. The number of thioether (sulfide) groups is 2. The van der Waals surface area contributed by atoms with Gasteiger partial charge in [-0.3, -0.25) is 0 Å². The number of rotatable bonds is 5. The Morgan fingerprint density at radius 3 is 1.58 bits per heavy atom. The van der Waals surface area contributed by atoms with Crippen molar-refractivity contribution in [2.75, 3.05) is 11.5 Å². The lowest BCUT2D eigenvalue weighted by molar-refractivity contribution is 1.49. The Hall–Kier alpha value is -1.34. The summed E-state index contributed by atoms with van der Waals surface area (Å²) in [6.45, 7) is 0. The first-order valence-electron chi connectivity index (χ1n) is 6.98. The fraction of sp³-hybridized carbons (Fsp3) is 0.125. The summed E-state index contributed by atoms with van der Waals surface area (Å²) in [5.74, 6) is 1.54. The van der Waals surface area contributed by atoms with Crippen molar-refractivity contribution in [1.29, 1.82) is 0 Å². The molecule has 2 rings (SSSR count). The molecule has 4 N–H and O–H groups in total. The third kappa shape index (κ3) is 7.05. The monoisotopic (exact) mass is 398 g/mol. The topological polar surface area (TPSA) is 76.8 Å². The van der Waals surface area contributed by atoms with E-state index in [0.717, 1.165) is 22.9 Å². The van der Waals surface area contributed by atoms with Crippen molar-refractivity contribution in [2.24, 2.45) is 21.5 Å². The van der Waals surface area contributed by atoms with E-state index in [-0.39, 0.29) is 0 Å². The minimum absolute atomic E-state index is 0.489. The second-order valence-electron chi connectivity index (χ2n) is 4.56. The molecule has 0 radical (unpaired) electrons. The molecule has 0 aliphatic carbocycles. The molecule has 0 amide bonds. The van der Waals surface area contributed by atoms with E-state index in [0.29, 0.717) is 20.4 Å². The van der Waals surface area contributed by atoms with Crippen LogP contribution in [0.25, 0.3) is 0 Å². The van der Waals surface area contributed by atoms with Gasteiger partial charge in [-0.2, -0.15) is 0 Å². The quantitative estimate of drug-likeness (QED) is 0.419. The Morgan fingerprint density at radius 1 is 0.792 bits per heavy atom. The molecular formula is C16H16Cl2N4S2. The Bertz CT molecular complexity index is 687. The minimum Gasteiger partial charge on any atom is -0.378 e. The third-order valence-corrected chi connectivity index (χ3v) is 5.00. The third-order valence-electron chi connectivity index (χ3n) is 2.68. The average Bonchev–Trinajstić information content (AvgIpc) is 2.51. The summed E-state index contributed by atoms with van der Waals surface area (Å²) in [6.07, 6.45) is 0.